The van der Waals surface area contributed by atoms with Gasteiger partial charge in [-0.15, -0.1) is 0 Å². The number of hydrogen-bond acceptors (Lipinski definition) is 3. The quantitative estimate of drug-likeness (QED) is 0.860. The van der Waals surface area contributed by atoms with Gasteiger partial charge in [0.05, 0.1) is 0 Å². The first-order chi connectivity index (χ1) is 8.24. The Hall–Kier alpha value is -0.920. The molecule has 1 rings (SSSR count). The summed E-state index contributed by atoms with van der Waals surface area (Å²) in [7, 11) is -3.88. The standard InChI is InChI=1S/C11H14BrNO4S/c1-7(9-3-5-10(12)6-4-9)13-18(16,17)8(2)11(14)15/h3-8,13H,1-2H3,(H,14,15)/t7-,8?/m0/s1. The van der Waals surface area contributed by atoms with Gasteiger partial charge in [-0.05, 0) is 31.5 Å². The van der Waals surface area contributed by atoms with E-state index in [2.05, 4.69) is 20.7 Å². The molecule has 0 aromatic heterocycles. The third kappa shape index (κ3) is 3.79. The van der Waals surface area contributed by atoms with Crippen molar-refractivity contribution in [1.29, 1.82) is 0 Å². The van der Waals surface area contributed by atoms with E-state index >= 15 is 0 Å². The number of carboxylic acid groups (broad SMARTS) is 1. The van der Waals surface area contributed by atoms with E-state index in [0.29, 0.717) is 0 Å². The van der Waals surface area contributed by atoms with Gasteiger partial charge in [0.1, 0.15) is 0 Å². The van der Waals surface area contributed by atoms with Crippen molar-refractivity contribution in [3.63, 3.8) is 0 Å². The monoisotopic (exact) mass is 335 g/mol. The van der Waals surface area contributed by atoms with Crippen LogP contribution in [-0.2, 0) is 14.8 Å². The lowest BCUT2D eigenvalue weighted by Crippen LogP contribution is -2.38. The number of aliphatic carboxylic acids is 1. The molecule has 0 radical (unpaired) electrons. The van der Waals surface area contributed by atoms with Crippen LogP contribution in [-0.4, -0.2) is 24.7 Å². The van der Waals surface area contributed by atoms with Crippen LogP contribution in [0.3, 0.4) is 0 Å². The van der Waals surface area contributed by atoms with Gasteiger partial charge in [-0.3, -0.25) is 4.79 Å². The van der Waals surface area contributed by atoms with Crippen molar-refractivity contribution >= 4 is 31.9 Å². The highest BCUT2D eigenvalue weighted by Gasteiger charge is 2.29. The second kappa shape index (κ2) is 5.81. The molecule has 0 saturated carbocycles. The van der Waals surface area contributed by atoms with E-state index in [1.54, 1.807) is 31.2 Å². The summed E-state index contributed by atoms with van der Waals surface area (Å²) in [5.74, 6) is -1.37. The molecule has 1 unspecified atom stereocenters. The fraction of sp³-hybridized carbons (Fsp3) is 0.364. The van der Waals surface area contributed by atoms with Gasteiger partial charge in [0.15, 0.2) is 5.25 Å². The summed E-state index contributed by atoms with van der Waals surface area (Å²) in [5.41, 5.74) is 0.763. The van der Waals surface area contributed by atoms with E-state index in [9.17, 15) is 13.2 Å². The molecule has 5 nitrogen and oxygen atoms in total. The minimum Gasteiger partial charge on any atom is -0.480 e. The van der Waals surface area contributed by atoms with Gasteiger partial charge in [0, 0.05) is 10.5 Å². The Morgan fingerprint density at radius 2 is 1.78 bits per heavy atom. The lowest BCUT2D eigenvalue weighted by molar-refractivity contribution is -0.136. The van der Waals surface area contributed by atoms with E-state index < -0.39 is 27.3 Å². The number of halogens is 1. The first kappa shape index (κ1) is 15.1. The summed E-state index contributed by atoms with van der Waals surface area (Å²) in [4.78, 5) is 10.7. The number of rotatable bonds is 5. The minimum absolute atomic E-state index is 0.482. The minimum atomic E-state index is -3.88. The zero-order chi connectivity index (χ0) is 13.9. The van der Waals surface area contributed by atoms with Crippen LogP contribution < -0.4 is 4.72 Å². The topological polar surface area (TPSA) is 83.5 Å². The molecule has 0 fully saturated rings. The van der Waals surface area contributed by atoms with E-state index in [4.69, 9.17) is 5.11 Å². The molecule has 1 aromatic carbocycles. The number of benzene rings is 1. The molecule has 0 aliphatic carbocycles. The van der Waals surface area contributed by atoms with Crippen molar-refractivity contribution < 1.29 is 18.3 Å². The maximum atomic E-state index is 11.7. The molecule has 0 spiro atoms. The molecular formula is C11H14BrNO4S. The molecule has 7 heteroatoms. The van der Waals surface area contributed by atoms with E-state index in [-0.39, 0.29) is 0 Å². The van der Waals surface area contributed by atoms with Gasteiger partial charge in [0.2, 0.25) is 10.0 Å². The predicted octanol–water partition coefficient (Wildman–Crippen LogP) is 1.90. The fourth-order valence-corrected chi connectivity index (χ4v) is 2.66. The van der Waals surface area contributed by atoms with Gasteiger partial charge in [-0.2, -0.15) is 0 Å². The van der Waals surface area contributed by atoms with Crippen LogP contribution in [0.4, 0.5) is 0 Å². The van der Waals surface area contributed by atoms with E-state index in [1.165, 1.54) is 0 Å². The summed E-state index contributed by atoms with van der Waals surface area (Å²) in [6.07, 6.45) is 0. The lowest BCUT2D eigenvalue weighted by atomic mass is 10.1. The van der Waals surface area contributed by atoms with Crippen molar-refractivity contribution in [3.05, 3.63) is 34.3 Å². The predicted molar refractivity (Wildman–Crippen MR) is 71.7 cm³/mol. The van der Waals surface area contributed by atoms with Crippen LogP contribution in [0.5, 0.6) is 0 Å². The molecule has 2 N–H and O–H groups in total. The first-order valence-corrected chi connectivity index (χ1v) is 7.57. The Bertz CT molecular complexity index is 526. The number of sulfonamides is 1. The van der Waals surface area contributed by atoms with Gasteiger partial charge < -0.3 is 5.11 Å². The molecule has 1 aromatic rings. The van der Waals surface area contributed by atoms with Crippen LogP contribution in [0.1, 0.15) is 25.5 Å². The zero-order valence-corrected chi connectivity index (χ0v) is 12.3. The second-order valence-corrected chi connectivity index (χ2v) is 6.87. The third-order valence-electron chi connectivity index (χ3n) is 2.52. The SMILES string of the molecule is CC(C(=O)O)S(=O)(=O)N[C@@H](C)c1ccc(Br)cc1. The molecule has 18 heavy (non-hydrogen) atoms. The maximum absolute atomic E-state index is 11.7. The zero-order valence-electron chi connectivity index (χ0n) is 9.92. The summed E-state index contributed by atoms with van der Waals surface area (Å²) in [6.45, 7) is 2.80. The molecular weight excluding hydrogens is 322 g/mol. The average Bonchev–Trinajstić information content (AvgIpc) is 2.28. The van der Waals surface area contributed by atoms with E-state index in [1.807, 2.05) is 0 Å². The molecule has 0 aliphatic heterocycles. The Labute approximate surface area is 114 Å². The largest absolute Gasteiger partial charge is 0.480 e. The fourth-order valence-electron chi connectivity index (χ4n) is 1.30. The molecule has 0 bridgehead atoms. The Morgan fingerprint density at radius 3 is 2.22 bits per heavy atom. The van der Waals surface area contributed by atoms with Crippen molar-refractivity contribution in [1.82, 2.24) is 4.72 Å². The maximum Gasteiger partial charge on any atom is 0.323 e. The van der Waals surface area contributed by atoms with Crippen LogP contribution >= 0.6 is 15.9 Å². The smallest absolute Gasteiger partial charge is 0.323 e. The van der Waals surface area contributed by atoms with Crippen LogP contribution in [0, 0.1) is 0 Å². The average molecular weight is 336 g/mol. The second-order valence-electron chi connectivity index (χ2n) is 3.92. The summed E-state index contributed by atoms with van der Waals surface area (Å²) >= 11 is 3.28. The van der Waals surface area contributed by atoms with Gasteiger partial charge in [-0.25, -0.2) is 13.1 Å². The molecule has 0 heterocycles. The lowest BCUT2D eigenvalue weighted by Gasteiger charge is -2.16. The van der Waals surface area contributed by atoms with Crippen LogP contribution in [0.25, 0.3) is 0 Å². The van der Waals surface area contributed by atoms with Gasteiger partial charge >= 0.3 is 5.97 Å². The van der Waals surface area contributed by atoms with Crippen molar-refractivity contribution in [3.8, 4) is 0 Å². The van der Waals surface area contributed by atoms with Gasteiger partial charge in [0.25, 0.3) is 0 Å². The Kier molecular flexibility index (Phi) is 4.89. The highest BCUT2D eigenvalue weighted by Crippen LogP contribution is 2.18. The number of nitrogens with one attached hydrogen (secondary N) is 1. The normalized spacial score (nSPS) is 15.1. The molecule has 0 saturated heterocycles. The number of hydrogen-bond donors (Lipinski definition) is 2. The van der Waals surface area contributed by atoms with Crippen molar-refractivity contribution in [2.45, 2.75) is 25.1 Å². The van der Waals surface area contributed by atoms with Crippen LogP contribution in [0.15, 0.2) is 28.7 Å². The first-order valence-electron chi connectivity index (χ1n) is 5.23. The third-order valence-corrected chi connectivity index (χ3v) is 4.87. The Morgan fingerprint density at radius 1 is 1.28 bits per heavy atom. The van der Waals surface area contributed by atoms with Crippen molar-refractivity contribution in [2.75, 3.05) is 0 Å². The highest BCUT2D eigenvalue weighted by atomic mass is 79.9. The molecule has 0 amide bonds. The summed E-state index contributed by atoms with van der Waals surface area (Å²) in [5, 5.41) is 7.24. The van der Waals surface area contributed by atoms with Crippen molar-refractivity contribution in [2.24, 2.45) is 0 Å². The molecule has 100 valence electrons. The number of carbonyl (C=O) groups is 1. The van der Waals surface area contributed by atoms with Crippen LogP contribution in [0.2, 0.25) is 0 Å². The molecule has 0 aliphatic rings. The number of carboxylic acids is 1. The Balaban J connectivity index is 2.85. The summed E-state index contributed by atoms with van der Waals surface area (Å²) < 4.78 is 26.7. The highest BCUT2D eigenvalue weighted by molar-refractivity contribution is 9.10. The van der Waals surface area contributed by atoms with Gasteiger partial charge in [-0.1, -0.05) is 28.1 Å². The van der Waals surface area contributed by atoms with E-state index in [0.717, 1.165) is 17.0 Å². The molecule has 2 atom stereocenters. The summed E-state index contributed by atoms with van der Waals surface area (Å²) in [6, 6.07) is 6.64.